The number of nitrogens with one attached hydrogen (secondary N) is 1. The molecule has 3 rings (SSSR count). The van der Waals surface area contributed by atoms with Gasteiger partial charge in [-0.2, -0.15) is 10.2 Å². The molecular weight excluding hydrogens is 298 g/mol. The minimum absolute atomic E-state index is 0.183. The van der Waals surface area contributed by atoms with Crippen molar-refractivity contribution in [3.05, 3.63) is 47.5 Å². The number of carbonyl (C=O) groups is 2. The van der Waals surface area contributed by atoms with Gasteiger partial charge < -0.3 is 10.1 Å². The molecule has 0 spiro atoms. The van der Waals surface area contributed by atoms with Gasteiger partial charge >= 0.3 is 5.97 Å². The fourth-order valence-corrected chi connectivity index (χ4v) is 2.37. The normalized spacial score (nSPS) is 10.7. The van der Waals surface area contributed by atoms with Crippen LogP contribution in [0.5, 0.6) is 0 Å². The lowest BCUT2D eigenvalue weighted by Gasteiger charge is -2.05. The van der Waals surface area contributed by atoms with Crippen molar-refractivity contribution in [3.8, 4) is 0 Å². The van der Waals surface area contributed by atoms with Crippen LogP contribution >= 0.6 is 0 Å². The van der Waals surface area contributed by atoms with Gasteiger partial charge in [-0.1, -0.05) is 6.07 Å². The molecule has 3 heterocycles. The third kappa shape index (κ3) is 2.54. The van der Waals surface area contributed by atoms with Gasteiger partial charge in [0.05, 0.1) is 24.0 Å². The number of rotatable bonds is 3. The molecule has 0 radical (unpaired) electrons. The molecule has 118 valence electrons. The largest absolute Gasteiger partial charge is 0.464 e. The van der Waals surface area contributed by atoms with Gasteiger partial charge in [0.2, 0.25) is 0 Å². The van der Waals surface area contributed by atoms with Crippen molar-refractivity contribution >= 4 is 23.1 Å². The topological polar surface area (TPSA) is 90.5 Å². The van der Waals surface area contributed by atoms with E-state index in [0.717, 1.165) is 5.52 Å². The van der Waals surface area contributed by atoms with Crippen LogP contribution in [0.1, 0.15) is 26.7 Å². The minimum Gasteiger partial charge on any atom is -0.464 e. The summed E-state index contributed by atoms with van der Waals surface area (Å²) >= 11 is 0. The van der Waals surface area contributed by atoms with Crippen LogP contribution in [0.3, 0.4) is 0 Å². The fourth-order valence-electron chi connectivity index (χ4n) is 2.37. The lowest BCUT2D eigenvalue weighted by molar-refractivity contribution is 0.0589. The van der Waals surface area contributed by atoms with E-state index in [4.69, 9.17) is 4.74 Å². The molecule has 0 atom stereocenters. The Labute approximate surface area is 131 Å². The van der Waals surface area contributed by atoms with Crippen molar-refractivity contribution in [2.24, 2.45) is 7.05 Å². The van der Waals surface area contributed by atoms with Crippen LogP contribution in [0, 0.1) is 6.92 Å². The predicted octanol–water partition coefficient (Wildman–Crippen LogP) is 1.42. The van der Waals surface area contributed by atoms with E-state index in [-0.39, 0.29) is 11.4 Å². The number of nitrogens with zero attached hydrogens (tertiary/aromatic N) is 4. The van der Waals surface area contributed by atoms with Gasteiger partial charge in [0.15, 0.2) is 11.4 Å². The first kappa shape index (κ1) is 14.8. The van der Waals surface area contributed by atoms with Crippen LogP contribution in [-0.4, -0.2) is 38.4 Å². The maximum absolute atomic E-state index is 12.4. The summed E-state index contributed by atoms with van der Waals surface area (Å²) in [4.78, 5) is 24.3. The van der Waals surface area contributed by atoms with Gasteiger partial charge in [-0.25, -0.2) is 9.31 Å². The summed E-state index contributed by atoms with van der Waals surface area (Å²) in [6.07, 6.45) is 1.75. The molecular formula is C15H15N5O3. The first-order chi connectivity index (χ1) is 11.0. The molecule has 0 unspecified atom stereocenters. The predicted molar refractivity (Wildman–Crippen MR) is 82.4 cm³/mol. The van der Waals surface area contributed by atoms with E-state index in [1.54, 1.807) is 30.8 Å². The van der Waals surface area contributed by atoms with Gasteiger partial charge in [-0.3, -0.25) is 9.48 Å². The Kier molecular flexibility index (Phi) is 3.57. The molecule has 8 heteroatoms. The quantitative estimate of drug-likeness (QED) is 0.738. The number of amides is 1. The maximum Gasteiger partial charge on any atom is 0.358 e. The van der Waals surface area contributed by atoms with Crippen LogP contribution in [-0.2, 0) is 11.8 Å². The number of fused-ring (bicyclic) bond motifs is 1. The molecule has 3 aromatic rings. The van der Waals surface area contributed by atoms with Crippen molar-refractivity contribution in [2.75, 3.05) is 12.4 Å². The Bertz CT molecular complexity index is 876. The first-order valence-corrected chi connectivity index (χ1v) is 6.89. The molecule has 0 aliphatic heterocycles. The highest BCUT2D eigenvalue weighted by Crippen LogP contribution is 2.21. The summed E-state index contributed by atoms with van der Waals surface area (Å²) in [6, 6.07) is 7.19. The second-order valence-corrected chi connectivity index (χ2v) is 4.98. The SMILES string of the molecule is COC(=O)c1c(NC(=O)c2cc3ccccn3n2)c(C)nn1C. The van der Waals surface area contributed by atoms with Gasteiger partial charge in [-0.05, 0) is 25.1 Å². The van der Waals surface area contributed by atoms with Crippen LogP contribution < -0.4 is 5.32 Å². The Balaban J connectivity index is 1.95. The van der Waals surface area contributed by atoms with E-state index in [0.29, 0.717) is 11.4 Å². The molecule has 0 bridgehead atoms. The summed E-state index contributed by atoms with van der Waals surface area (Å²) in [5, 5.41) is 11.0. The lowest BCUT2D eigenvalue weighted by atomic mass is 10.2. The number of ether oxygens (including phenoxy) is 1. The third-order valence-electron chi connectivity index (χ3n) is 3.44. The number of hydrogen-bond acceptors (Lipinski definition) is 5. The highest BCUT2D eigenvalue weighted by molar-refractivity contribution is 6.07. The molecule has 0 saturated heterocycles. The number of esters is 1. The summed E-state index contributed by atoms with van der Waals surface area (Å²) in [5.41, 5.74) is 2.07. The van der Waals surface area contributed by atoms with Crippen molar-refractivity contribution in [3.63, 3.8) is 0 Å². The van der Waals surface area contributed by atoms with Crippen molar-refractivity contribution in [1.29, 1.82) is 0 Å². The summed E-state index contributed by atoms with van der Waals surface area (Å²) in [7, 11) is 2.89. The van der Waals surface area contributed by atoms with E-state index in [1.807, 2.05) is 18.2 Å². The number of aromatic nitrogens is 4. The molecule has 0 aliphatic carbocycles. The standard InChI is InChI=1S/C15H15N5O3/c1-9-12(13(15(22)23-3)19(2)17-9)16-14(21)11-8-10-6-4-5-7-20(10)18-11/h4-8H,1-3H3,(H,16,21). The van der Waals surface area contributed by atoms with Gasteiger partial charge in [-0.15, -0.1) is 0 Å². The molecule has 23 heavy (non-hydrogen) atoms. The highest BCUT2D eigenvalue weighted by atomic mass is 16.5. The number of carbonyl (C=O) groups excluding carboxylic acids is 2. The van der Waals surface area contributed by atoms with Gasteiger partial charge in [0, 0.05) is 13.2 Å². The molecule has 1 N–H and O–H groups in total. The van der Waals surface area contributed by atoms with Crippen LogP contribution in [0.25, 0.3) is 5.52 Å². The van der Waals surface area contributed by atoms with Crippen molar-refractivity contribution < 1.29 is 14.3 Å². The zero-order chi connectivity index (χ0) is 16.6. The highest BCUT2D eigenvalue weighted by Gasteiger charge is 2.23. The molecule has 0 saturated carbocycles. The monoisotopic (exact) mass is 313 g/mol. The minimum atomic E-state index is -0.571. The van der Waals surface area contributed by atoms with E-state index < -0.39 is 11.9 Å². The Hall–Kier alpha value is -3.16. The Morgan fingerprint density at radius 1 is 1.26 bits per heavy atom. The molecule has 8 nitrogen and oxygen atoms in total. The number of aryl methyl sites for hydroxylation is 2. The van der Waals surface area contributed by atoms with Crippen molar-refractivity contribution in [1.82, 2.24) is 19.4 Å². The van der Waals surface area contributed by atoms with Crippen LogP contribution in [0.4, 0.5) is 5.69 Å². The van der Waals surface area contributed by atoms with Gasteiger partial charge in [0.1, 0.15) is 0 Å². The second-order valence-electron chi connectivity index (χ2n) is 4.98. The molecule has 0 aliphatic rings. The fraction of sp³-hybridized carbons (Fsp3) is 0.200. The molecule has 1 amide bonds. The van der Waals surface area contributed by atoms with E-state index in [9.17, 15) is 9.59 Å². The molecule has 0 fully saturated rings. The second kappa shape index (κ2) is 5.56. The summed E-state index contributed by atoms with van der Waals surface area (Å²) < 4.78 is 7.71. The third-order valence-corrected chi connectivity index (χ3v) is 3.44. The summed E-state index contributed by atoms with van der Waals surface area (Å²) in [5.74, 6) is -0.992. The zero-order valence-corrected chi connectivity index (χ0v) is 12.9. The zero-order valence-electron chi connectivity index (χ0n) is 12.9. The number of hydrogen-bond donors (Lipinski definition) is 1. The smallest absolute Gasteiger partial charge is 0.358 e. The first-order valence-electron chi connectivity index (χ1n) is 6.89. The van der Waals surface area contributed by atoms with Crippen LogP contribution in [0.2, 0.25) is 0 Å². The number of pyridine rings is 1. The van der Waals surface area contributed by atoms with E-state index in [1.165, 1.54) is 11.8 Å². The lowest BCUT2D eigenvalue weighted by Crippen LogP contribution is -2.17. The van der Waals surface area contributed by atoms with Crippen LogP contribution in [0.15, 0.2) is 30.5 Å². The average molecular weight is 313 g/mol. The number of methoxy groups -OCH3 is 1. The maximum atomic E-state index is 12.4. The Morgan fingerprint density at radius 3 is 2.74 bits per heavy atom. The molecule has 3 aromatic heterocycles. The van der Waals surface area contributed by atoms with E-state index in [2.05, 4.69) is 15.5 Å². The number of anilines is 1. The average Bonchev–Trinajstić information content (AvgIpc) is 3.08. The summed E-state index contributed by atoms with van der Waals surface area (Å²) in [6.45, 7) is 1.70. The Morgan fingerprint density at radius 2 is 2.04 bits per heavy atom. The van der Waals surface area contributed by atoms with E-state index >= 15 is 0 Å². The van der Waals surface area contributed by atoms with Gasteiger partial charge in [0.25, 0.3) is 5.91 Å². The van der Waals surface area contributed by atoms with Crippen molar-refractivity contribution in [2.45, 2.75) is 6.92 Å². The molecule has 0 aromatic carbocycles.